The Morgan fingerprint density at radius 3 is 1.36 bits per heavy atom. The third-order valence-corrected chi connectivity index (χ3v) is 3.67. The Bertz CT molecular complexity index is 84.8. The van der Waals surface area contributed by atoms with Crippen molar-refractivity contribution in [1.29, 1.82) is 0 Å². The second-order valence-electron chi connectivity index (χ2n) is 1.72. The number of thiol groups is 1. The summed E-state index contributed by atoms with van der Waals surface area (Å²) in [7, 11) is -2.27. The molecule has 0 rings (SSSR count). The zero-order chi connectivity index (χ0) is 8.74. The Labute approximate surface area is 74.2 Å². The van der Waals surface area contributed by atoms with Crippen LogP contribution in [0.1, 0.15) is 20.8 Å². The minimum absolute atomic E-state index is 0.567. The quantitative estimate of drug-likeness (QED) is 0.526. The fraction of sp³-hybridized carbons (Fsp3) is 1.00. The van der Waals surface area contributed by atoms with Crippen LogP contribution in [-0.2, 0) is 13.6 Å². The van der Waals surface area contributed by atoms with Gasteiger partial charge in [0.2, 0.25) is 0 Å². The van der Waals surface area contributed by atoms with Gasteiger partial charge in [0.15, 0.2) is 0 Å². The summed E-state index contributed by atoms with van der Waals surface area (Å²) in [5.74, 6) is 0. The highest BCUT2D eigenvalue weighted by molar-refractivity contribution is 8.47. The smallest absolute Gasteiger partial charge is 0.169 e. The molecule has 0 heterocycles. The predicted molar refractivity (Wildman–Crippen MR) is 50.8 cm³/mol. The molecule has 5 heteroatoms. The van der Waals surface area contributed by atoms with Crippen molar-refractivity contribution in [3.05, 3.63) is 0 Å². The van der Waals surface area contributed by atoms with Crippen molar-refractivity contribution in [3.63, 3.8) is 0 Å². The van der Waals surface area contributed by atoms with Gasteiger partial charge in [0.25, 0.3) is 0 Å². The molecule has 0 atom stereocenters. The average molecular weight is 199 g/mol. The lowest BCUT2D eigenvalue weighted by atomic mass is 10.9. The van der Waals surface area contributed by atoms with Crippen LogP contribution in [0.15, 0.2) is 0 Å². The van der Waals surface area contributed by atoms with Crippen molar-refractivity contribution in [2.45, 2.75) is 20.8 Å². The third-order valence-electron chi connectivity index (χ3n) is 0.877. The average Bonchev–Trinajstić information content (AvgIpc) is 1.88. The lowest BCUT2D eigenvalue weighted by molar-refractivity contribution is 0.169. The zero-order valence-corrected chi connectivity index (χ0v) is 9.03. The topological polar surface area (TPSA) is 27.7 Å². The molecule has 0 aliphatic heterocycles. The van der Waals surface area contributed by atoms with E-state index in [9.17, 15) is 0 Å². The van der Waals surface area contributed by atoms with Crippen LogP contribution in [0.2, 0.25) is 0 Å². The van der Waals surface area contributed by atoms with E-state index in [-0.39, 0.29) is 0 Å². The molecule has 0 saturated carbocycles. The maximum atomic E-state index is 5.24. The Morgan fingerprint density at radius 1 is 0.909 bits per heavy atom. The first-order valence-electron chi connectivity index (χ1n) is 3.74. The minimum atomic E-state index is -2.27. The Balaban J connectivity index is 3.79. The molecule has 0 unspecified atom stereocenters. The molecule has 0 radical (unpaired) electrons. The van der Waals surface area contributed by atoms with Crippen molar-refractivity contribution in [1.82, 2.24) is 0 Å². The normalized spacial score (nSPS) is 12.0. The molecule has 11 heavy (non-hydrogen) atoms. The van der Waals surface area contributed by atoms with E-state index in [2.05, 4.69) is 12.2 Å². The molecule has 0 aliphatic carbocycles. The van der Waals surface area contributed by atoms with Crippen molar-refractivity contribution in [2.24, 2.45) is 0 Å². The molecule has 0 N–H and O–H groups in total. The van der Waals surface area contributed by atoms with Crippen molar-refractivity contribution < 1.29 is 13.6 Å². The molecule has 0 aromatic rings. The van der Waals surface area contributed by atoms with Crippen LogP contribution in [0.3, 0.4) is 0 Å². The van der Waals surface area contributed by atoms with Gasteiger partial charge in [-0.25, -0.2) is 0 Å². The fourth-order valence-electron chi connectivity index (χ4n) is 0.601. The SMILES string of the molecule is CCO[P+](S)(OCC)OCC. The van der Waals surface area contributed by atoms with Crippen molar-refractivity contribution >= 4 is 19.4 Å². The summed E-state index contributed by atoms with van der Waals surface area (Å²) in [6.07, 6.45) is 0. The molecule has 68 valence electrons. The second-order valence-corrected chi connectivity index (χ2v) is 4.90. The van der Waals surface area contributed by atoms with Crippen LogP contribution in [-0.4, -0.2) is 19.8 Å². The molecule has 0 saturated heterocycles. The molecular weight excluding hydrogens is 183 g/mol. The maximum Gasteiger partial charge on any atom is 0.478 e. The van der Waals surface area contributed by atoms with Gasteiger partial charge in [-0.15, -0.1) is 0 Å². The van der Waals surface area contributed by atoms with Gasteiger partial charge in [0, 0.05) is 0 Å². The van der Waals surface area contributed by atoms with Crippen molar-refractivity contribution in [2.75, 3.05) is 19.8 Å². The van der Waals surface area contributed by atoms with E-state index >= 15 is 0 Å². The molecule has 0 aliphatic rings. The highest BCUT2D eigenvalue weighted by atomic mass is 32.7. The predicted octanol–water partition coefficient (Wildman–Crippen LogP) is 2.70. The van der Waals surface area contributed by atoms with Gasteiger partial charge >= 0.3 is 7.15 Å². The van der Waals surface area contributed by atoms with E-state index in [0.29, 0.717) is 19.8 Å². The van der Waals surface area contributed by atoms with Crippen molar-refractivity contribution in [3.8, 4) is 0 Å². The van der Waals surface area contributed by atoms with Crippen LogP contribution < -0.4 is 0 Å². The molecule has 0 aromatic heterocycles. The van der Waals surface area contributed by atoms with Crippen LogP contribution in [0.4, 0.5) is 0 Å². The van der Waals surface area contributed by atoms with Crippen LogP contribution in [0, 0.1) is 0 Å². The van der Waals surface area contributed by atoms with Crippen LogP contribution in [0.5, 0.6) is 0 Å². The van der Waals surface area contributed by atoms with E-state index in [1.54, 1.807) is 0 Å². The van der Waals surface area contributed by atoms with Crippen LogP contribution in [0.25, 0.3) is 0 Å². The number of rotatable bonds is 6. The highest BCUT2D eigenvalue weighted by Crippen LogP contribution is 2.66. The van der Waals surface area contributed by atoms with Gasteiger partial charge in [0.05, 0.1) is 32.1 Å². The monoisotopic (exact) mass is 199 g/mol. The second kappa shape index (κ2) is 6.21. The summed E-state index contributed by atoms with van der Waals surface area (Å²) in [5, 5.41) is 0. The van der Waals surface area contributed by atoms with E-state index < -0.39 is 7.15 Å². The lowest BCUT2D eigenvalue weighted by Crippen LogP contribution is -2.01. The molecule has 3 nitrogen and oxygen atoms in total. The van der Waals surface area contributed by atoms with Gasteiger partial charge in [-0.3, -0.25) is 0 Å². The molecule has 0 amide bonds. The summed E-state index contributed by atoms with van der Waals surface area (Å²) in [6.45, 7) is 7.38. The minimum Gasteiger partial charge on any atom is -0.169 e. The maximum absolute atomic E-state index is 5.24. The van der Waals surface area contributed by atoms with E-state index in [1.807, 2.05) is 20.8 Å². The van der Waals surface area contributed by atoms with Gasteiger partial charge in [-0.05, 0) is 20.8 Å². The lowest BCUT2D eigenvalue weighted by Gasteiger charge is -2.13. The Kier molecular flexibility index (Phi) is 6.58. The molecule has 0 fully saturated rings. The van der Waals surface area contributed by atoms with E-state index in [4.69, 9.17) is 13.6 Å². The summed E-state index contributed by atoms with van der Waals surface area (Å²) in [6, 6.07) is 0. The van der Waals surface area contributed by atoms with Gasteiger partial charge in [-0.2, -0.15) is 13.6 Å². The number of hydrogen-bond donors (Lipinski definition) is 1. The highest BCUT2D eigenvalue weighted by Gasteiger charge is 2.40. The van der Waals surface area contributed by atoms with Gasteiger partial charge in [0.1, 0.15) is 0 Å². The summed E-state index contributed by atoms with van der Waals surface area (Å²) < 4.78 is 15.7. The fourth-order valence-corrected chi connectivity index (χ4v) is 2.84. The largest absolute Gasteiger partial charge is 0.478 e. The van der Waals surface area contributed by atoms with Crippen LogP contribution >= 0.6 is 19.4 Å². The zero-order valence-electron chi connectivity index (χ0n) is 7.24. The Hall–Kier alpha value is 0.660. The molecule has 0 bridgehead atoms. The summed E-state index contributed by atoms with van der Waals surface area (Å²) in [4.78, 5) is 0. The standard InChI is InChI=1S/C6H16O3PS/c1-4-7-10(11,8-5-2)9-6-3/h11H,4-6H2,1-3H3/q+1. The number of hydrogen-bond acceptors (Lipinski definition) is 4. The first kappa shape index (κ1) is 11.7. The molecular formula is C6H16O3PS+. The summed E-state index contributed by atoms with van der Waals surface area (Å²) in [5.41, 5.74) is 0. The first-order valence-corrected chi connectivity index (χ1v) is 6.43. The first-order chi connectivity index (χ1) is 5.18. The van der Waals surface area contributed by atoms with E-state index in [1.165, 1.54) is 0 Å². The Morgan fingerprint density at radius 2 is 1.18 bits per heavy atom. The summed E-state index contributed by atoms with van der Waals surface area (Å²) >= 11 is 4.20. The third kappa shape index (κ3) is 4.99. The van der Waals surface area contributed by atoms with E-state index in [0.717, 1.165) is 0 Å². The van der Waals surface area contributed by atoms with Gasteiger partial charge in [-0.1, -0.05) is 0 Å². The molecule has 0 aromatic carbocycles. The molecule has 0 spiro atoms. The van der Waals surface area contributed by atoms with Gasteiger partial charge < -0.3 is 0 Å².